The largest absolute Gasteiger partial charge is 0.326 e. The molecule has 5 nitrogen and oxygen atoms in total. The van der Waals surface area contributed by atoms with E-state index in [1.807, 2.05) is 12.1 Å². The van der Waals surface area contributed by atoms with Crippen molar-refractivity contribution in [1.29, 1.82) is 0 Å². The Bertz CT molecular complexity index is 830. The van der Waals surface area contributed by atoms with Crippen molar-refractivity contribution in [3.05, 3.63) is 54.1 Å². The van der Waals surface area contributed by atoms with Gasteiger partial charge in [0, 0.05) is 12.6 Å². The van der Waals surface area contributed by atoms with Crippen LogP contribution in [0.4, 0.5) is 11.4 Å². The third kappa shape index (κ3) is 6.19. The van der Waals surface area contributed by atoms with E-state index in [4.69, 9.17) is 0 Å². The number of hydrogen-bond donors (Lipinski definition) is 2. The van der Waals surface area contributed by atoms with E-state index in [1.165, 1.54) is 26.2 Å². The van der Waals surface area contributed by atoms with Crippen LogP contribution in [0.2, 0.25) is 0 Å². The smallest absolute Gasteiger partial charge is 0.261 e. The second-order valence-corrected chi connectivity index (χ2v) is 8.00. The fourth-order valence-corrected chi connectivity index (χ4v) is 3.72. The molecule has 6 heteroatoms. The van der Waals surface area contributed by atoms with Crippen LogP contribution < -0.4 is 10.0 Å². The van der Waals surface area contributed by atoms with Crippen molar-refractivity contribution in [2.75, 3.05) is 10.0 Å². The van der Waals surface area contributed by atoms with Crippen molar-refractivity contribution < 1.29 is 13.2 Å². The van der Waals surface area contributed by atoms with E-state index in [0.29, 0.717) is 11.4 Å². The third-order valence-electron chi connectivity index (χ3n) is 3.99. The highest BCUT2D eigenvalue weighted by atomic mass is 32.2. The van der Waals surface area contributed by atoms with Gasteiger partial charge in [-0.1, -0.05) is 44.4 Å². The summed E-state index contributed by atoms with van der Waals surface area (Å²) in [4.78, 5) is 11.3. The lowest BCUT2D eigenvalue weighted by molar-refractivity contribution is -0.114. The van der Waals surface area contributed by atoms with Gasteiger partial charge in [0.15, 0.2) is 0 Å². The summed E-state index contributed by atoms with van der Waals surface area (Å²) in [7, 11) is -3.67. The Balaban J connectivity index is 2.04. The Hall–Kier alpha value is -2.34. The predicted molar refractivity (Wildman–Crippen MR) is 106 cm³/mol. The minimum Gasteiger partial charge on any atom is -0.326 e. The summed E-state index contributed by atoms with van der Waals surface area (Å²) in [6, 6.07) is 13.6. The lowest BCUT2D eigenvalue weighted by Crippen LogP contribution is -2.13. The van der Waals surface area contributed by atoms with E-state index < -0.39 is 10.0 Å². The van der Waals surface area contributed by atoms with Crippen molar-refractivity contribution in [1.82, 2.24) is 0 Å². The molecule has 0 unspecified atom stereocenters. The molecule has 2 aromatic rings. The van der Waals surface area contributed by atoms with Gasteiger partial charge in [0.2, 0.25) is 5.91 Å². The van der Waals surface area contributed by atoms with E-state index >= 15 is 0 Å². The Morgan fingerprint density at radius 2 is 1.65 bits per heavy atom. The molecule has 2 N–H and O–H groups in total. The minimum atomic E-state index is -3.67. The molecule has 0 atom stereocenters. The molecule has 0 aromatic heterocycles. The SMILES string of the molecule is CCCCCCc1ccc(S(=O)(=O)Nc2cccc(NC(C)=O)c2)cc1. The Morgan fingerprint density at radius 3 is 2.31 bits per heavy atom. The number of rotatable bonds is 9. The number of nitrogens with one attached hydrogen (secondary N) is 2. The monoisotopic (exact) mass is 374 g/mol. The molecule has 0 aliphatic rings. The molecule has 0 saturated heterocycles. The van der Waals surface area contributed by atoms with Crippen LogP contribution in [-0.4, -0.2) is 14.3 Å². The van der Waals surface area contributed by atoms with Gasteiger partial charge in [-0.3, -0.25) is 9.52 Å². The molecule has 0 saturated carbocycles. The van der Waals surface area contributed by atoms with Gasteiger partial charge in [0.1, 0.15) is 0 Å². The first-order valence-corrected chi connectivity index (χ1v) is 10.4. The van der Waals surface area contributed by atoms with E-state index in [1.54, 1.807) is 36.4 Å². The van der Waals surface area contributed by atoms with E-state index in [0.717, 1.165) is 18.4 Å². The number of unbranched alkanes of at least 4 members (excludes halogenated alkanes) is 3. The first-order valence-electron chi connectivity index (χ1n) is 8.90. The molecular weight excluding hydrogens is 348 g/mol. The number of amides is 1. The number of benzene rings is 2. The lowest BCUT2D eigenvalue weighted by atomic mass is 10.1. The highest BCUT2D eigenvalue weighted by Crippen LogP contribution is 2.20. The molecule has 140 valence electrons. The standard InChI is InChI=1S/C20H26N2O3S/c1-3-4-5-6-8-17-11-13-20(14-12-17)26(24,25)22-19-10-7-9-18(15-19)21-16(2)23/h7,9-15,22H,3-6,8H2,1-2H3,(H,21,23). The summed E-state index contributed by atoms with van der Waals surface area (Å²) in [5, 5.41) is 2.63. The average molecular weight is 375 g/mol. The first kappa shape index (κ1) is 20.0. The number of anilines is 2. The van der Waals surface area contributed by atoms with Crippen molar-refractivity contribution in [3.63, 3.8) is 0 Å². The molecule has 2 aromatic carbocycles. The highest BCUT2D eigenvalue weighted by Gasteiger charge is 2.14. The maximum Gasteiger partial charge on any atom is 0.261 e. The van der Waals surface area contributed by atoms with Gasteiger partial charge < -0.3 is 5.32 Å². The molecule has 26 heavy (non-hydrogen) atoms. The second-order valence-electron chi connectivity index (χ2n) is 6.32. The van der Waals surface area contributed by atoms with Crippen molar-refractivity contribution in [2.24, 2.45) is 0 Å². The highest BCUT2D eigenvalue weighted by molar-refractivity contribution is 7.92. The van der Waals surface area contributed by atoms with E-state index in [2.05, 4.69) is 17.0 Å². The van der Waals surface area contributed by atoms with Gasteiger partial charge in [-0.2, -0.15) is 0 Å². The fraction of sp³-hybridized carbons (Fsp3) is 0.350. The van der Waals surface area contributed by atoms with Crippen LogP contribution in [0.1, 0.15) is 45.1 Å². The van der Waals surface area contributed by atoms with Gasteiger partial charge in [0.25, 0.3) is 10.0 Å². The van der Waals surface area contributed by atoms with Gasteiger partial charge in [-0.25, -0.2) is 8.42 Å². The predicted octanol–water partition coefficient (Wildman–Crippen LogP) is 4.57. The molecule has 0 aliphatic carbocycles. The molecular formula is C20H26N2O3S. The number of sulfonamides is 1. The molecule has 0 bridgehead atoms. The second kappa shape index (κ2) is 9.38. The van der Waals surface area contributed by atoms with Crippen LogP contribution in [0, 0.1) is 0 Å². The Labute approximate surface area is 155 Å². The first-order chi connectivity index (χ1) is 12.4. The quantitative estimate of drug-likeness (QED) is 0.631. The fourth-order valence-electron chi connectivity index (χ4n) is 2.67. The van der Waals surface area contributed by atoms with Gasteiger partial charge >= 0.3 is 0 Å². The normalized spacial score (nSPS) is 11.2. The van der Waals surface area contributed by atoms with Gasteiger partial charge in [-0.05, 0) is 48.7 Å². The van der Waals surface area contributed by atoms with E-state index in [9.17, 15) is 13.2 Å². The molecule has 0 spiro atoms. The summed E-state index contributed by atoms with van der Waals surface area (Å²) >= 11 is 0. The summed E-state index contributed by atoms with van der Waals surface area (Å²) in [6.07, 6.45) is 5.71. The Morgan fingerprint density at radius 1 is 0.962 bits per heavy atom. The van der Waals surface area contributed by atoms with Crippen molar-refractivity contribution in [3.8, 4) is 0 Å². The molecule has 0 aliphatic heterocycles. The molecule has 1 amide bonds. The third-order valence-corrected chi connectivity index (χ3v) is 5.39. The molecule has 2 rings (SSSR count). The summed E-state index contributed by atoms with van der Waals surface area (Å²) in [5.74, 6) is -0.209. The lowest BCUT2D eigenvalue weighted by Gasteiger charge is -2.10. The van der Waals surface area contributed by atoms with Crippen LogP contribution in [0.5, 0.6) is 0 Å². The maximum atomic E-state index is 12.5. The van der Waals surface area contributed by atoms with Gasteiger partial charge in [0.05, 0.1) is 10.6 Å². The molecule has 0 heterocycles. The zero-order chi connectivity index (χ0) is 19.0. The summed E-state index contributed by atoms with van der Waals surface area (Å²) in [5.41, 5.74) is 2.09. The zero-order valence-electron chi connectivity index (χ0n) is 15.3. The van der Waals surface area contributed by atoms with Crippen LogP contribution in [0.3, 0.4) is 0 Å². The number of carbonyl (C=O) groups is 1. The topological polar surface area (TPSA) is 75.3 Å². The van der Waals surface area contributed by atoms with Crippen LogP contribution in [-0.2, 0) is 21.2 Å². The van der Waals surface area contributed by atoms with Crippen LogP contribution in [0.25, 0.3) is 0 Å². The van der Waals surface area contributed by atoms with Crippen LogP contribution >= 0.6 is 0 Å². The maximum absolute atomic E-state index is 12.5. The van der Waals surface area contributed by atoms with E-state index in [-0.39, 0.29) is 10.8 Å². The van der Waals surface area contributed by atoms with Crippen LogP contribution in [0.15, 0.2) is 53.4 Å². The number of carbonyl (C=O) groups excluding carboxylic acids is 1. The number of hydrogen-bond acceptors (Lipinski definition) is 3. The molecule has 0 fully saturated rings. The summed E-state index contributed by atoms with van der Waals surface area (Å²) < 4.78 is 27.6. The molecule has 0 radical (unpaired) electrons. The minimum absolute atomic E-state index is 0.209. The van der Waals surface area contributed by atoms with Gasteiger partial charge in [-0.15, -0.1) is 0 Å². The zero-order valence-corrected chi connectivity index (χ0v) is 16.1. The van der Waals surface area contributed by atoms with Crippen molar-refractivity contribution in [2.45, 2.75) is 50.8 Å². The average Bonchev–Trinajstić information content (AvgIpc) is 2.58. The number of aryl methyl sites for hydroxylation is 1. The Kier molecular flexibility index (Phi) is 7.21. The summed E-state index contributed by atoms with van der Waals surface area (Å²) in [6.45, 7) is 3.58. The van der Waals surface area contributed by atoms with Crippen molar-refractivity contribution >= 4 is 27.3 Å².